The molecule has 8 heteroatoms. The van der Waals surface area contributed by atoms with E-state index in [4.69, 9.17) is 21.1 Å². The fourth-order valence-corrected chi connectivity index (χ4v) is 3.32. The third-order valence-electron chi connectivity index (χ3n) is 5.02. The van der Waals surface area contributed by atoms with E-state index in [1.807, 2.05) is 27.7 Å². The Morgan fingerprint density at radius 1 is 1.06 bits per heavy atom. The van der Waals surface area contributed by atoms with Crippen molar-refractivity contribution in [1.29, 1.82) is 0 Å². The molecule has 1 fully saturated rings. The van der Waals surface area contributed by atoms with Crippen molar-refractivity contribution in [2.24, 2.45) is 5.92 Å². The molecule has 1 amide bonds. The van der Waals surface area contributed by atoms with E-state index < -0.39 is 11.8 Å². The van der Waals surface area contributed by atoms with E-state index in [2.05, 4.69) is 11.8 Å². The predicted molar refractivity (Wildman–Crippen MR) is 135 cm³/mol. The standard InChI is InChI=1S/C23H21ClF3NO3.2C2H6/c1-30-19-8-5-17(6-9-19)14-28(15-29)21-10-7-18(24)13-20(21)22(31-2,23(25,26)27)12-11-16-3-4-16;2*1-2/h5-10,13,15-16H,3-4,14H2,1-2H3;2*1-2H3. The van der Waals surface area contributed by atoms with Crippen molar-refractivity contribution in [2.75, 3.05) is 19.1 Å². The smallest absolute Gasteiger partial charge is 0.433 e. The minimum absolute atomic E-state index is 0.0134. The molecule has 0 heterocycles. The number of amides is 1. The number of carbonyl (C=O) groups is 1. The van der Waals surface area contributed by atoms with Gasteiger partial charge in [-0.3, -0.25) is 4.79 Å². The van der Waals surface area contributed by atoms with Gasteiger partial charge < -0.3 is 14.4 Å². The molecule has 2 aromatic carbocycles. The van der Waals surface area contributed by atoms with Crippen LogP contribution >= 0.6 is 11.6 Å². The second kappa shape index (κ2) is 14.0. The summed E-state index contributed by atoms with van der Waals surface area (Å²) in [5.41, 5.74) is -2.53. The van der Waals surface area contributed by atoms with Gasteiger partial charge >= 0.3 is 6.18 Å². The summed E-state index contributed by atoms with van der Waals surface area (Å²) >= 11 is 6.05. The van der Waals surface area contributed by atoms with E-state index in [0.717, 1.165) is 26.0 Å². The van der Waals surface area contributed by atoms with E-state index in [0.29, 0.717) is 17.7 Å². The number of methoxy groups -OCH3 is 2. The lowest BCUT2D eigenvalue weighted by atomic mass is 9.90. The Morgan fingerprint density at radius 3 is 2.11 bits per heavy atom. The molecule has 0 spiro atoms. The number of benzene rings is 2. The minimum atomic E-state index is -4.86. The van der Waals surface area contributed by atoms with Gasteiger partial charge in [0.15, 0.2) is 0 Å². The molecule has 0 saturated heterocycles. The van der Waals surface area contributed by atoms with Crippen LogP contribution in [0.1, 0.15) is 51.7 Å². The Labute approximate surface area is 211 Å². The largest absolute Gasteiger partial charge is 0.497 e. The van der Waals surface area contributed by atoms with Crippen molar-refractivity contribution in [3.05, 3.63) is 58.6 Å². The van der Waals surface area contributed by atoms with Crippen molar-refractivity contribution in [1.82, 2.24) is 0 Å². The van der Waals surface area contributed by atoms with Crippen LogP contribution < -0.4 is 9.64 Å². The minimum Gasteiger partial charge on any atom is -0.497 e. The van der Waals surface area contributed by atoms with Crippen LogP contribution in [0.25, 0.3) is 0 Å². The number of carbonyl (C=O) groups excluding carboxylic acids is 1. The summed E-state index contributed by atoms with van der Waals surface area (Å²) in [6.07, 6.45) is -2.88. The maximum absolute atomic E-state index is 14.3. The van der Waals surface area contributed by atoms with Gasteiger partial charge in [-0.1, -0.05) is 63.3 Å². The Morgan fingerprint density at radius 2 is 1.66 bits per heavy atom. The fourth-order valence-electron chi connectivity index (χ4n) is 3.15. The average molecular weight is 512 g/mol. The summed E-state index contributed by atoms with van der Waals surface area (Å²) < 4.78 is 53.1. The van der Waals surface area contributed by atoms with Crippen molar-refractivity contribution in [2.45, 2.75) is 58.9 Å². The first-order valence-electron chi connectivity index (χ1n) is 11.5. The molecular weight excluding hydrogens is 479 g/mol. The number of halogens is 4. The van der Waals surface area contributed by atoms with Crippen molar-refractivity contribution in [3.63, 3.8) is 0 Å². The van der Waals surface area contributed by atoms with Gasteiger partial charge in [0, 0.05) is 23.6 Å². The lowest BCUT2D eigenvalue weighted by molar-refractivity contribution is -0.250. The molecule has 35 heavy (non-hydrogen) atoms. The highest BCUT2D eigenvalue weighted by Crippen LogP contribution is 2.46. The summed E-state index contributed by atoms with van der Waals surface area (Å²) in [6.45, 7) is 8.04. The quantitative estimate of drug-likeness (QED) is 0.287. The molecule has 0 aliphatic heterocycles. The summed E-state index contributed by atoms with van der Waals surface area (Å²) in [4.78, 5) is 13.1. The van der Waals surface area contributed by atoms with Gasteiger partial charge in [0.25, 0.3) is 5.60 Å². The number of nitrogens with zero attached hydrogens (tertiary/aromatic N) is 1. The third-order valence-corrected chi connectivity index (χ3v) is 5.26. The zero-order chi connectivity index (χ0) is 26.6. The molecular formula is C27H33ClF3NO3. The van der Waals surface area contributed by atoms with Gasteiger partial charge in [-0.2, -0.15) is 13.2 Å². The Kier molecular flexibility index (Phi) is 12.1. The van der Waals surface area contributed by atoms with Crippen LogP contribution in [0.2, 0.25) is 5.02 Å². The molecule has 1 atom stereocenters. The lowest BCUT2D eigenvalue weighted by Crippen LogP contribution is -2.44. The number of hydrogen-bond acceptors (Lipinski definition) is 3. The van der Waals surface area contributed by atoms with Gasteiger partial charge in [0.1, 0.15) is 5.75 Å². The number of rotatable bonds is 7. The lowest BCUT2D eigenvalue weighted by Gasteiger charge is -2.33. The first kappa shape index (κ1) is 30.3. The summed E-state index contributed by atoms with van der Waals surface area (Å²) in [6, 6.07) is 10.8. The van der Waals surface area contributed by atoms with Crippen LogP contribution in [0.15, 0.2) is 42.5 Å². The summed E-state index contributed by atoms with van der Waals surface area (Å²) in [5.74, 6) is 5.51. The van der Waals surface area contributed by atoms with Gasteiger partial charge in [-0.15, -0.1) is 0 Å². The normalized spacial score (nSPS) is 14.0. The van der Waals surface area contributed by atoms with Crippen LogP contribution in [-0.4, -0.2) is 26.8 Å². The molecule has 3 rings (SSSR count). The molecule has 4 nitrogen and oxygen atoms in total. The zero-order valence-corrected chi connectivity index (χ0v) is 21.8. The van der Waals surface area contributed by atoms with Gasteiger partial charge in [-0.25, -0.2) is 0 Å². The van der Waals surface area contributed by atoms with Gasteiger partial charge in [-0.05, 0) is 48.7 Å². The third kappa shape index (κ3) is 7.65. The molecule has 0 aromatic heterocycles. The summed E-state index contributed by atoms with van der Waals surface area (Å²) in [5, 5.41) is 0.0768. The van der Waals surface area contributed by atoms with Crippen molar-refractivity contribution in [3.8, 4) is 17.6 Å². The molecule has 1 aliphatic rings. The molecule has 0 bridgehead atoms. The molecule has 0 N–H and O–H groups in total. The van der Waals surface area contributed by atoms with Crippen molar-refractivity contribution >= 4 is 23.7 Å². The fraction of sp³-hybridized carbons (Fsp3) is 0.444. The average Bonchev–Trinajstić information content (AvgIpc) is 3.70. The molecule has 1 aliphatic carbocycles. The topological polar surface area (TPSA) is 38.8 Å². The number of hydrogen-bond donors (Lipinski definition) is 0. The SMILES string of the molecule is CC.CC.COc1ccc(CN(C=O)c2ccc(Cl)cc2C(C#CC2CC2)(OC)C(F)(F)F)cc1. The number of ether oxygens (including phenoxy) is 2. The summed E-state index contributed by atoms with van der Waals surface area (Å²) in [7, 11) is 2.48. The van der Waals surface area contributed by atoms with Crippen LogP contribution in [0.3, 0.4) is 0 Å². The molecule has 192 valence electrons. The first-order valence-corrected chi connectivity index (χ1v) is 11.9. The highest BCUT2D eigenvalue weighted by Gasteiger charge is 2.58. The van der Waals surface area contributed by atoms with E-state index in [1.54, 1.807) is 24.3 Å². The number of anilines is 1. The van der Waals surface area contributed by atoms with Crippen LogP contribution in [0.4, 0.5) is 18.9 Å². The van der Waals surface area contributed by atoms with E-state index in [9.17, 15) is 18.0 Å². The molecule has 1 unspecified atom stereocenters. The second-order valence-corrected chi connectivity index (χ2v) is 7.61. The van der Waals surface area contributed by atoms with Crippen LogP contribution in [0.5, 0.6) is 5.75 Å². The van der Waals surface area contributed by atoms with Gasteiger partial charge in [0.2, 0.25) is 6.41 Å². The molecule has 0 radical (unpaired) electrons. The monoisotopic (exact) mass is 511 g/mol. The molecule has 1 saturated carbocycles. The maximum atomic E-state index is 14.3. The van der Waals surface area contributed by atoms with E-state index in [1.165, 1.54) is 24.1 Å². The van der Waals surface area contributed by atoms with Crippen LogP contribution in [-0.2, 0) is 21.7 Å². The van der Waals surface area contributed by atoms with Gasteiger partial charge in [0.05, 0.1) is 19.3 Å². The van der Waals surface area contributed by atoms with E-state index >= 15 is 0 Å². The Hall–Kier alpha value is -2.69. The Bertz CT molecular complexity index is 995. The molecule has 2 aromatic rings. The first-order chi connectivity index (χ1) is 16.7. The predicted octanol–water partition coefficient (Wildman–Crippen LogP) is 7.38. The Balaban J connectivity index is 0.00000145. The second-order valence-electron chi connectivity index (χ2n) is 7.17. The maximum Gasteiger partial charge on any atom is 0.433 e. The zero-order valence-electron chi connectivity index (χ0n) is 21.0. The number of alkyl halides is 3. The van der Waals surface area contributed by atoms with Crippen LogP contribution in [0, 0.1) is 17.8 Å². The highest BCUT2D eigenvalue weighted by molar-refractivity contribution is 6.30. The van der Waals surface area contributed by atoms with Crippen molar-refractivity contribution < 1.29 is 27.4 Å². The van der Waals surface area contributed by atoms with E-state index in [-0.39, 0.29) is 28.7 Å². The highest BCUT2D eigenvalue weighted by atomic mass is 35.5.